The molecule has 5 heteroatoms. The van der Waals surface area contributed by atoms with Crippen molar-refractivity contribution in [1.29, 1.82) is 0 Å². The predicted octanol–water partition coefficient (Wildman–Crippen LogP) is 2.55. The number of nitrogens with zero attached hydrogens (tertiary/aromatic N) is 3. The molecule has 1 unspecified atom stereocenters. The van der Waals surface area contributed by atoms with Crippen LogP contribution in [0.25, 0.3) is 5.69 Å². The Morgan fingerprint density at radius 2 is 1.85 bits per heavy atom. The number of rotatable bonds is 4. The normalized spacial score (nSPS) is 12.5. The van der Waals surface area contributed by atoms with Gasteiger partial charge < -0.3 is 9.67 Å². The SMILES string of the molecule is OC(Cn1cc(-n2cccc2)cn1)c1ccc(F)cc1. The Morgan fingerprint density at radius 3 is 2.55 bits per heavy atom. The molecule has 1 N–H and O–H groups in total. The van der Waals surface area contributed by atoms with E-state index < -0.39 is 6.10 Å². The molecule has 2 aromatic heterocycles. The molecule has 0 saturated heterocycles. The zero-order valence-corrected chi connectivity index (χ0v) is 10.7. The molecular formula is C15H14FN3O. The summed E-state index contributed by atoms with van der Waals surface area (Å²) in [6, 6.07) is 9.71. The van der Waals surface area contributed by atoms with Crippen LogP contribution in [0.1, 0.15) is 11.7 Å². The first-order valence-electron chi connectivity index (χ1n) is 6.32. The van der Waals surface area contributed by atoms with Gasteiger partial charge in [0.1, 0.15) is 5.82 Å². The van der Waals surface area contributed by atoms with Crippen molar-refractivity contribution in [2.45, 2.75) is 12.6 Å². The monoisotopic (exact) mass is 271 g/mol. The van der Waals surface area contributed by atoms with E-state index in [9.17, 15) is 9.50 Å². The quantitative estimate of drug-likeness (QED) is 0.792. The van der Waals surface area contributed by atoms with Crippen molar-refractivity contribution in [3.8, 4) is 5.69 Å². The second-order valence-electron chi connectivity index (χ2n) is 4.58. The van der Waals surface area contributed by atoms with Gasteiger partial charge in [0.25, 0.3) is 0 Å². The van der Waals surface area contributed by atoms with Crippen LogP contribution in [0.2, 0.25) is 0 Å². The van der Waals surface area contributed by atoms with Crippen molar-refractivity contribution in [2.75, 3.05) is 0 Å². The summed E-state index contributed by atoms with van der Waals surface area (Å²) in [5, 5.41) is 14.3. The highest BCUT2D eigenvalue weighted by Crippen LogP contribution is 2.16. The maximum atomic E-state index is 12.8. The van der Waals surface area contributed by atoms with Gasteiger partial charge in [-0.1, -0.05) is 12.1 Å². The lowest BCUT2D eigenvalue weighted by molar-refractivity contribution is 0.151. The number of hydrogen-bond acceptors (Lipinski definition) is 2. The molecule has 0 saturated carbocycles. The first-order chi connectivity index (χ1) is 9.72. The minimum absolute atomic E-state index is 0.310. The number of aliphatic hydroxyl groups excluding tert-OH is 1. The fourth-order valence-corrected chi connectivity index (χ4v) is 2.06. The van der Waals surface area contributed by atoms with E-state index in [1.54, 1.807) is 23.0 Å². The minimum Gasteiger partial charge on any atom is -0.386 e. The highest BCUT2D eigenvalue weighted by atomic mass is 19.1. The van der Waals surface area contributed by atoms with Gasteiger partial charge in [-0.25, -0.2) is 4.39 Å². The molecule has 0 aliphatic rings. The van der Waals surface area contributed by atoms with Crippen molar-refractivity contribution < 1.29 is 9.50 Å². The molecule has 0 amide bonds. The molecule has 2 heterocycles. The van der Waals surface area contributed by atoms with Crippen LogP contribution in [0.4, 0.5) is 4.39 Å². The molecule has 3 rings (SSSR count). The van der Waals surface area contributed by atoms with E-state index in [1.807, 2.05) is 35.3 Å². The van der Waals surface area contributed by atoms with Crippen molar-refractivity contribution in [3.05, 3.63) is 72.6 Å². The molecule has 0 bridgehead atoms. The Labute approximate surface area is 115 Å². The maximum absolute atomic E-state index is 12.8. The van der Waals surface area contributed by atoms with E-state index in [0.717, 1.165) is 5.69 Å². The van der Waals surface area contributed by atoms with E-state index in [4.69, 9.17) is 0 Å². The smallest absolute Gasteiger partial charge is 0.123 e. The first kappa shape index (κ1) is 12.6. The third kappa shape index (κ3) is 2.62. The number of halogens is 1. The van der Waals surface area contributed by atoms with E-state index >= 15 is 0 Å². The van der Waals surface area contributed by atoms with E-state index in [1.165, 1.54) is 12.1 Å². The minimum atomic E-state index is -0.715. The van der Waals surface area contributed by atoms with E-state index in [0.29, 0.717) is 12.1 Å². The molecule has 1 aromatic carbocycles. The van der Waals surface area contributed by atoms with Gasteiger partial charge in [-0.2, -0.15) is 5.10 Å². The Balaban J connectivity index is 1.73. The van der Waals surface area contributed by atoms with Crippen molar-refractivity contribution in [1.82, 2.24) is 14.3 Å². The average molecular weight is 271 g/mol. The van der Waals surface area contributed by atoms with Crippen LogP contribution >= 0.6 is 0 Å². The van der Waals surface area contributed by atoms with Crippen LogP contribution in [0, 0.1) is 5.82 Å². The highest BCUT2D eigenvalue weighted by molar-refractivity contribution is 5.26. The summed E-state index contributed by atoms with van der Waals surface area (Å²) in [7, 11) is 0. The lowest BCUT2D eigenvalue weighted by Crippen LogP contribution is -2.09. The standard InChI is InChI=1S/C15H14FN3O/c16-13-5-3-12(4-6-13)15(20)11-19-10-14(9-17-19)18-7-1-2-8-18/h1-10,15,20H,11H2. The van der Waals surface area contributed by atoms with Crippen LogP contribution in [0.5, 0.6) is 0 Å². The predicted molar refractivity (Wildman–Crippen MR) is 72.9 cm³/mol. The van der Waals surface area contributed by atoms with Crippen LogP contribution in [-0.2, 0) is 6.54 Å². The van der Waals surface area contributed by atoms with Crippen LogP contribution < -0.4 is 0 Å². The third-order valence-corrected chi connectivity index (χ3v) is 3.14. The molecular weight excluding hydrogens is 257 g/mol. The van der Waals surface area contributed by atoms with Crippen LogP contribution in [0.15, 0.2) is 61.2 Å². The van der Waals surface area contributed by atoms with E-state index in [2.05, 4.69) is 5.10 Å². The third-order valence-electron chi connectivity index (χ3n) is 3.14. The molecule has 0 fully saturated rings. The fraction of sp³-hybridized carbons (Fsp3) is 0.133. The van der Waals surface area contributed by atoms with Gasteiger partial charge in [0, 0.05) is 18.6 Å². The number of hydrogen-bond donors (Lipinski definition) is 1. The number of aliphatic hydroxyl groups is 1. The molecule has 20 heavy (non-hydrogen) atoms. The second kappa shape index (κ2) is 5.30. The zero-order chi connectivity index (χ0) is 13.9. The fourth-order valence-electron chi connectivity index (χ4n) is 2.06. The average Bonchev–Trinajstić information content (AvgIpc) is 3.09. The zero-order valence-electron chi connectivity index (χ0n) is 10.7. The summed E-state index contributed by atoms with van der Waals surface area (Å²) in [5.41, 5.74) is 1.60. The summed E-state index contributed by atoms with van der Waals surface area (Å²) >= 11 is 0. The van der Waals surface area contributed by atoms with Gasteiger partial charge in [-0.05, 0) is 29.8 Å². The Kier molecular flexibility index (Phi) is 3.35. The van der Waals surface area contributed by atoms with E-state index in [-0.39, 0.29) is 5.82 Å². The van der Waals surface area contributed by atoms with Gasteiger partial charge in [-0.15, -0.1) is 0 Å². The molecule has 102 valence electrons. The lowest BCUT2D eigenvalue weighted by atomic mass is 10.1. The van der Waals surface area contributed by atoms with Crippen molar-refractivity contribution >= 4 is 0 Å². The molecule has 0 spiro atoms. The molecule has 1 atom stereocenters. The Hall–Kier alpha value is -2.40. The topological polar surface area (TPSA) is 43.0 Å². The van der Waals surface area contributed by atoms with Crippen LogP contribution in [-0.4, -0.2) is 19.5 Å². The molecule has 4 nitrogen and oxygen atoms in total. The summed E-state index contributed by atoms with van der Waals surface area (Å²) in [4.78, 5) is 0. The lowest BCUT2D eigenvalue weighted by Gasteiger charge is -2.10. The molecule has 3 aromatic rings. The van der Waals surface area contributed by atoms with Gasteiger partial charge in [0.2, 0.25) is 0 Å². The van der Waals surface area contributed by atoms with Crippen molar-refractivity contribution in [3.63, 3.8) is 0 Å². The molecule has 0 radical (unpaired) electrons. The first-order valence-corrected chi connectivity index (χ1v) is 6.32. The molecule has 0 aliphatic carbocycles. The van der Waals surface area contributed by atoms with Gasteiger partial charge >= 0.3 is 0 Å². The van der Waals surface area contributed by atoms with Crippen LogP contribution in [0.3, 0.4) is 0 Å². The number of aromatic nitrogens is 3. The van der Waals surface area contributed by atoms with Crippen molar-refractivity contribution in [2.24, 2.45) is 0 Å². The summed E-state index contributed by atoms with van der Waals surface area (Å²) in [6.07, 6.45) is 6.73. The summed E-state index contributed by atoms with van der Waals surface area (Å²) in [5.74, 6) is -0.310. The van der Waals surface area contributed by atoms with Gasteiger partial charge in [0.05, 0.1) is 24.5 Å². The Bertz CT molecular complexity index is 673. The maximum Gasteiger partial charge on any atom is 0.123 e. The highest BCUT2D eigenvalue weighted by Gasteiger charge is 2.09. The summed E-state index contributed by atoms with van der Waals surface area (Å²) in [6.45, 7) is 0.326. The number of benzene rings is 1. The second-order valence-corrected chi connectivity index (χ2v) is 4.58. The molecule has 0 aliphatic heterocycles. The van der Waals surface area contributed by atoms with Gasteiger partial charge in [0.15, 0.2) is 0 Å². The Morgan fingerprint density at radius 1 is 1.15 bits per heavy atom. The summed E-state index contributed by atoms with van der Waals surface area (Å²) < 4.78 is 16.4. The van der Waals surface area contributed by atoms with Gasteiger partial charge in [-0.3, -0.25) is 4.68 Å². The largest absolute Gasteiger partial charge is 0.386 e.